The van der Waals surface area contributed by atoms with Gasteiger partial charge in [-0.3, -0.25) is 14.2 Å². The third kappa shape index (κ3) is 3.67. The Morgan fingerprint density at radius 1 is 1.11 bits per heavy atom. The van der Waals surface area contributed by atoms with E-state index in [0.717, 1.165) is 11.1 Å². The van der Waals surface area contributed by atoms with Gasteiger partial charge in [0.25, 0.3) is 5.56 Å². The molecule has 0 radical (unpaired) electrons. The molecule has 0 spiro atoms. The number of carbonyl (C=O) groups is 1. The minimum Gasteiger partial charge on any atom is -0.323 e. The van der Waals surface area contributed by atoms with Crippen LogP contribution in [-0.2, 0) is 11.3 Å². The monoisotopic (exact) mass is 429 g/mol. The summed E-state index contributed by atoms with van der Waals surface area (Å²) < 4.78 is 1.29. The van der Waals surface area contributed by atoms with E-state index >= 15 is 0 Å². The number of nitrogens with zero attached hydrogens (tertiary/aromatic N) is 2. The molecule has 0 saturated carbocycles. The molecular weight excluding hydrogens is 417 g/mol. The topological polar surface area (TPSA) is 64.0 Å². The Labute approximate surface area is 174 Å². The second kappa shape index (κ2) is 7.75. The second-order valence-electron chi connectivity index (χ2n) is 6.04. The molecule has 2 heterocycles. The van der Waals surface area contributed by atoms with Gasteiger partial charge in [-0.15, -0.1) is 11.3 Å². The second-order valence-corrected chi connectivity index (χ2v) is 7.74. The van der Waals surface area contributed by atoms with Gasteiger partial charge in [-0.1, -0.05) is 47.5 Å². The van der Waals surface area contributed by atoms with Crippen LogP contribution in [0.3, 0.4) is 0 Å². The minimum atomic E-state index is -0.361. The van der Waals surface area contributed by atoms with Crippen molar-refractivity contribution in [2.24, 2.45) is 0 Å². The van der Waals surface area contributed by atoms with Crippen LogP contribution in [0, 0.1) is 0 Å². The van der Waals surface area contributed by atoms with E-state index in [2.05, 4.69) is 10.3 Å². The van der Waals surface area contributed by atoms with Crippen molar-refractivity contribution < 1.29 is 4.79 Å². The van der Waals surface area contributed by atoms with Crippen LogP contribution in [0.4, 0.5) is 5.69 Å². The van der Waals surface area contributed by atoms with Crippen LogP contribution in [-0.4, -0.2) is 15.5 Å². The van der Waals surface area contributed by atoms with Crippen LogP contribution >= 0.6 is 34.5 Å². The number of thiophene rings is 1. The molecule has 1 N–H and O–H groups in total. The molecule has 0 unspecified atom stereocenters. The smallest absolute Gasteiger partial charge is 0.263 e. The number of fused-ring (bicyclic) bond motifs is 1. The number of nitrogens with one attached hydrogen (secondary N) is 1. The van der Waals surface area contributed by atoms with E-state index in [1.54, 1.807) is 36.4 Å². The first-order valence-electron chi connectivity index (χ1n) is 8.30. The van der Waals surface area contributed by atoms with Crippen molar-refractivity contribution in [1.29, 1.82) is 0 Å². The number of hydrogen-bond donors (Lipinski definition) is 1. The molecule has 0 aliphatic rings. The molecule has 2 aromatic heterocycles. The van der Waals surface area contributed by atoms with Crippen molar-refractivity contribution in [3.8, 4) is 11.1 Å². The van der Waals surface area contributed by atoms with E-state index in [-0.39, 0.29) is 18.0 Å². The molecule has 0 fully saturated rings. The summed E-state index contributed by atoms with van der Waals surface area (Å²) >= 11 is 13.4. The molecule has 5 nitrogen and oxygen atoms in total. The summed E-state index contributed by atoms with van der Waals surface area (Å²) in [7, 11) is 0. The summed E-state index contributed by atoms with van der Waals surface area (Å²) in [5, 5.41) is 6.13. The van der Waals surface area contributed by atoms with Crippen molar-refractivity contribution >= 4 is 56.3 Å². The summed E-state index contributed by atoms with van der Waals surface area (Å²) in [6.45, 7) is -0.164. The van der Waals surface area contributed by atoms with Gasteiger partial charge in [0.15, 0.2) is 0 Å². The van der Waals surface area contributed by atoms with E-state index in [9.17, 15) is 9.59 Å². The lowest BCUT2D eigenvalue weighted by Gasteiger charge is -2.09. The summed E-state index contributed by atoms with van der Waals surface area (Å²) in [6.07, 6.45) is 1.39. The van der Waals surface area contributed by atoms with Gasteiger partial charge in [-0.25, -0.2) is 4.98 Å². The molecule has 8 heteroatoms. The number of anilines is 1. The molecule has 2 aromatic carbocycles. The van der Waals surface area contributed by atoms with Gasteiger partial charge in [0, 0.05) is 16.0 Å². The zero-order valence-electron chi connectivity index (χ0n) is 14.4. The lowest BCUT2D eigenvalue weighted by atomic mass is 10.1. The van der Waals surface area contributed by atoms with Crippen LogP contribution in [0.5, 0.6) is 0 Å². The van der Waals surface area contributed by atoms with Crippen LogP contribution < -0.4 is 10.9 Å². The fourth-order valence-electron chi connectivity index (χ4n) is 2.83. The van der Waals surface area contributed by atoms with Gasteiger partial charge < -0.3 is 5.32 Å². The number of hydrogen-bond acceptors (Lipinski definition) is 4. The number of carbonyl (C=O) groups excluding carboxylic acids is 1. The van der Waals surface area contributed by atoms with Gasteiger partial charge >= 0.3 is 0 Å². The first kappa shape index (κ1) is 18.7. The van der Waals surface area contributed by atoms with Crippen molar-refractivity contribution in [1.82, 2.24) is 9.55 Å². The Balaban J connectivity index is 1.67. The lowest BCUT2D eigenvalue weighted by Crippen LogP contribution is -2.27. The maximum Gasteiger partial charge on any atom is 0.263 e. The molecule has 1 amide bonds. The lowest BCUT2D eigenvalue weighted by molar-refractivity contribution is -0.116. The Kier molecular flexibility index (Phi) is 5.17. The quantitative estimate of drug-likeness (QED) is 0.492. The molecule has 4 rings (SSSR count). The number of rotatable bonds is 4. The highest BCUT2D eigenvalue weighted by Crippen LogP contribution is 2.31. The standard InChI is InChI=1S/C20H13Cl2N3O2S/c21-13-7-5-12(6-8-13)14-10-28-19-18(14)20(27)25(11-23-19)9-17(26)24-16-4-2-1-3-15(16)22/h1-8,10-11H,9H2,(H,24,26). The van der Waals surface area contributed by atoms with Crippen LogP contribution in [0.25, 0.3) is 21.3 Å². The summed E-state index contributed by atoms with van der Waals surface area (Å²) in [5.74, 6) is -0.361. The van der Waals surface area contributed by atoms with E-state index in [1.165, 1.54) is 22.2 Å². The molecule has 0 bridgehead atoms. The summed E-state index contributed by atoms with van der Waals surface area (Å²) in [5.41, 5.74) is 1.86. The number of para-hydroxylation sites is 1. The zero-order valence-corrected chi connectivity index (χ0v) is 16.7. The van der Waals surface area contributed by atoms with E-state index in [4.69, 9.17) is 23.2 Å². The Morgan fingerprint density at radius 2 is 1.86 bits per heavy atom. The van der Waals surface area contributed by atoms with Crippen LogP contribution in [0.2, 0.25) is 10.0 Å². The van der Waals surface area contributed by atoms with Gasteiger partial charge in [0.05, 0.1) is 22.4 Å². The van der Waals surface area contributed by atoms with Gasteiger partial charge in [0.1, 0.15) is 11.4 Å². The Hall–Kier alpha value is -2.67. The fourth-order valence-corrected chi connectivity index (χ4v) is 4.04. The largest absolute Gasteiger partial charge is 0.323 e. The van der Waals surface area contributed by atoms with E-state index in [1.807, 2.05) is 17.5 Å². The number of amides is 1. The highest BCUT2D eigenvalue weighted by molar-refractivity contribution is 7.17. The average Bonchev–Trinajstić information content (AvgIpc) is 3.11. The minimum absolute atomic E-state index is 0.164. The van der Waals surface area contributed by atoms with Crippen molar-refractivity contribution in [2.75, 3.05) is 5.32 Å². The highest BCUT2D eigenvalue weighted by Gasteiger charge is 2.15. The normalized spacial score (nSPS) is 10.9. The first-order valence-corrected chi connectivity index (χ1v) is 9.93. The predicted octanol–water partition coefficient (Wildman–Crippen LogP) is 5.07. The molecule has 4 aromatic rings. The van der Waals surface area contributed by atoms with Crippen molar-refractivity contribution in [3.63, 3.8) is 0 Å². The molecule has 0 saturated heterocycles. The molecular formula is C20H13Cl2N3O2S. The average molecular weight is 430 g/mol. The van der Waals surface area contributed by atoms with Gasteiger partial charge in [-0.2, -0.15) is 0 Å². The zero-order chi connectivity index (χ0) is 19.7. The maximum absolute atomic E-state index is 13.0. The van der Waals surface area contributed by atoms with Crippen LogP contribution in [0.15, 0.2) is 65.0 Å². The first-order chi connectivity index (χ1) is 13.5. The van der Waals surface area contributed by atoms with Crippen molar-refractivity contribution in [2.45, 2.75) is 6.54 Å². The number of halogens is 2. The molecule has 0 aliphatic carbocycles. The summed E-state index contributed by atoms with van der Waals surface area (Å²) in [6, 6.07) is 14.2. The molecule has 28 heavy (non-hydrogen) atoms. The van der Waals surface area contributed by atoms with Crippen LogP contribution in [0.1, 0.15) is 0 Å². The summed E-state index contributed by atoms with van der Waals surface area (Å²) in [4.78, 5) is 30.3. The van der Waals surface area contributed by atoms with E-state index < -0.39 is 0 Å². The molecule has 140 valence electrons. The maximum atomic E-state index is 13.0. The third-order valence-electron chi connectivity index (χ3n) is 4.18. The van der Waals surface area contributed by atoms with Crippen molar-refractivity contribution in [3.05, 3.63) is 80.6 Å². The molecule has 0 atom stereocenters. The fraction of sp³-hybridized carbons (Fsp3) is 0.0500. The Morgan fingerprint density at radius 3 is 2.61 bits per heavy atom. The number of aromatic nitrogens is 2. The number of benzene rings is 2. The third-order valence-corrected chi connectivity index (χ3v) is 5.65. The molecule has 0 aliphatic heterocycles. The van der Waals surface area contributed by atoms with Gasteiger partial charge in [0.2, 0.25) is 5.91 Å². The highest BCUT2D eigenvalue weighted by atomic mass is 35.5. The Bertz CT molecular complexity index is 1230. The SMILES string of the molecule is O=C(Cn1cnc2scc(-c3ccc(Cl)cc3)c2c1=O)Nc1ccccc1Cl. The van der Waals surface area contributed by atoms with E-state index in [0.29, 0.717) is 25.9 Å². The van der Waals surface area contributed by atoms with Gasteiger partial charge in [-0.05, 0) is 29.8 Å². The predicted molar refractivity (Wildman–Crippen MR) is 114 cm³/mol.